The zero-order valence-electron chi connectivity index (χ0n) is 7.50. The van der Waals surface area contributed by atoms with E-state index in [1.54, 1.807) is 0 Å². The lowest BCUT2D eigenvalue weighted by Crippen LogP contribution is -2.26. The molecule has 0 aromatic carbocycles. The lowest BCUT2D eigenvalue weighted by atomic mass is 9.84. The van der Waals surface area contributed by atoms with Gasteiger partial charge in [0, 0.05) is 10.5 Å². The summed E-state index contributed by atoms with van der Waals surface area (Å²) in [6.07, 6.45) is 6.22. The average Bonchev–Trinajstić information content (AvgIpc) is 2.42. The molecular weight excluding hydrogens is 152 g/mol. The first-order valence-corrected chi connectivity index (χ1v) is 5.35. The fourth-order valence-corrected chi connectivity index (χ4v) is 3.86. The molecule has 1 aliphatic heterocycles. The van der Waals surface area contributed by atoms with Crippen LogP contribution < -0.4 is 0 Å². The van der Waals surface area contributed by atoms with E-state index in [-0.39, 0.29) is 0 Å². The molecule has 2 bridgehead atoms. The summed E-state index contributed by atoms with van der Waals surface area (Å²) in [6.45, 7) is 7.08. The van der Waals surface area contributed by atoms with E-state index >= 15 is 0 Å². The standard InChI is InChI=1S/C10H16S/c1-10(2,3)9-7-4-5-8(6-7)11-9/h4-5,7-9H,6H2,1-3H3/t7-,8+,9-/m0/s1. The van der Waals surface area contributed by atoms with Gasteiger partial charge in [0.1, 0.15) is 0 Å². The normalized spacial score (nSPS) is 41.9. The summed E-state index contributed by atoms with van der Waals surface area (Å²) in [7, 11) is 0. The van der Waals surface area contributed by atoms with Crippen molar-refractivity contribution in [3.8, 4) is 0 Å². The topological polar surface area (TPSA) is 0 Å². The molecule has 1 fully saturated rings. The number of allylic oxidation sites excluding steroid dienone is 1. The zero-order valence-corrected chi connectivity index (χ0v) is 8.32. The monoisotopic (exact) mass is 168 g/mol. The molecule has 0 aromatic heterocycles. The van der Waals surface area contributed by atoms with Crippen molar-refractivity contribution >= 4 is 11.8 Å². The Kier molecular flexibility index (Phi) is 1.61. The van der Waals surface area contributed by atoms with Gasteiger partial charge in [0.25, 0.3) is 0 Å². The smallest absolute Gasteiger partial charge is 0.0236 e. The molecule has 1 saturated heterocycles. The summed E-state index contributed by atoms with van der Waals surface area (Å²) >= 11 is 2.18. The number of fused-ring (bicyclic) bond motifs is 2. The van der Waals surface area contributed by atoms with Gasteiger partial charge in [-0.2, -0.15) is 0 Å². The maximum absolute atomic E-state index is 2.43. The number of thioether (sulfide) groups is 1. The maximum Gasteiger partial charge on any atom is 0.0236 e. The summed E-state index contributed by atoms with van der Waals surface area (Å²) < 4.78 is 0. The van der Waals surface area contributed by atoms with Gasteiger partial charge in [0.15, 0.2) is 0 Å². The first kappa shape index (κ1) is 7.72. The summed E-state index contributed by atoms with van der Waals surface area (Å²) in [6, 6.07) is 0. The SMILES string of the molecule is CC(C)(C)[C@H]1S[C@@H]2C=C[C@H]1C2. The molecule has 0 spiro atoms. The molecule has 0 aromatic rings. The van der Waals surface area contributed by atoms with Gasteiger partial charge in [-0.05, 0) is 17.8 Å². The molecule has 0 nitrogen and oxygen atoms in total. The van der Waals surface area contributed by atoms with Crippen molar-refractivity contribution < 1.29 is 0 Å². The van der Waals surface area contributed by atoms with E-state index in [0.717, 1.165) is 16.4 Å². The minimum Gasteiger partial charge on any atom is -0.150 e. The molecule has 0 radical (unpaired) electrons. The van der Waals surface area contributed by atoms with Gasteiger partial charge >= 0.3 is 0 Å². The largest absolute Gasteiger partial charge is 0.150 e. The van der Waals surface area contributed by atoms with E-state index in [1.165, 1.54) is 6.42 Å². The summed E-state index contributed by atoms with van der Waals surface area (Å²) in [4.78, 5) is 0. The molecule has 3 atom stereocenters. The van der Waals surface area contributed by atoms with Gasteiger partial charge in [-0.3, -0.25) is 0 Å². The fourth-order valence-electron chi connectivity index (χ4n) is 2.15. The van der Waals surface area contributed by atoms with Crippen LogP contribution in [0, 0.1) is 11.3 Å². The molecule has 1 aliphatic carbocycles. The lowest BCUT2D eigenvalue weighted by molar-refractivity contribution is 0.350. The van der Waals surface area contributed by atoms with Crippen molar-refractivity contribution in [2.24, 2.45) is 11.3 Å². The molecule has 1 heteroatoms. The molecule has 11 heavy (non-hydrogen) atoms. The second-order valence-electron chi connectivity index (χ2n) is 4.75. The molecule has 1 heterocycles. The Labute approximate surface area is 73.4 Å². The van der Waals surface area contributed by atoms with Gasteiger partial charge in [0.2, 0.25) is 0 Å². The lowest BCUT2D eigenvalue weighted by Gasteiger charge is -2.31. The number of hydrogen-bond acceptors (Lipinski definition) is 1. The van der Waals surface area contributed by atoms with E-state index < -0.39 is 0 Å². The van der Waals surface area contributed by atoms with Gasteiger partial charge in [-0.1, -0.05) is 32.9 Å². The average molecular weight is 168 g/mol. The molecule has 0 N–H and O–H groups in total. The van der Waals surface area contributed by atoms with Crippen molar-refractivity contribution in [2.75, 3.05) is 0 Å². The number of hydrogen-bond donors (Lipinski definition) is 0. The molecule has 0 amide bonds. The van der Waals surface area contributed by atoms with Crippen LogP contribution in [0.2, 0.25) is 0 Å². The van der Waals surface area contributed by atoms with Crippen LogP contribution in [0.1, 0.15) is 27.2 Å². The van der Waals surface area contributed by atoms with Crippen molar-refractivity contribution in [1.82, 2.24) is 0 Å². The van der Waals surface area contributed by atoms with Crippen LogP contribution >= 0.6 is 11.8 Å². The van der Waals surface area contributed by atoms with Crippen LogP contribution in [0.5, 0.6) is 0 Å². The van der Waals surface area contributed by atoms with E-state index in [4.69, 9.17) is 0 Å². The third kappa shape index (κ3) is 1.24. The van der Waals surface area contributed by atoms with Crippen LogP contribution in [0.4, 0.5) is 0 Å². The van der Waals surface area contributed by atoms with Crippen LogP contribution in [-0.2, 0) is 0 Å². The Morgan fingerprint density at radius 2 is 2.00 bits per heavy atom. The van der Waals surface area contributed by atoms with Crippen molar-refractivity contribution in [1.29, 1.82) is 0 Å². The Morgan fingerprint density at radius 1 is 1.27 bits per heavy atom. The highest BCUT2D eigenvalue weighted by atomic mass is 32.2. The summed E-state index contributed by atoms with van der Waals surface area (Å²) in [5, 5.41) is 1.72. The van der Waals surface area contributed by atoms with Crippen LogP contribution in [-0.4, -0.2) is 10.5 Å². The predicted molar refractivity (Wildman–Crippen MR) is 51.9 cm³/mol. The van der Waals surface area contributed by atoms with Crippen LogP contribution in [0.3, 0.4) is 0 Å². The Balaban J connectivity index is 2.15. The van der Waals surface area contributed by atoms with Crippen molar-refractivity contribution in [3.63, 3.8) is 0 Å². The van der Waals surface area contributed by atoms with Gasteiger partial charge < -0.3 is 0 Å². The summed E-state index contributed by atoms with van der Waals surface area (Å²) in [5.41, 5.74) is 0.495. The second-order valence-corrected chi connectivity index (χ2v) is 6.13. The predicted octanol–water partition coefficient (Wildman–Crippen LogP) is 3.09. The van der Waals surface area contributed by atoms with E-state index in [9.17, 15) is 0 Å². The fraction of sp³-hybridized carbons (Fsp3) is 0.800. The molecule has 0 unspecified atom stereocenters. The van der Waals surface area contributed by atoms with E-state index in [0.29, 0.717) is 5.41 Å². The first-order chi connectivity index (χ1) is 5.07. The van der Waals surface area contributed by atoms with Crippen molar-refractivity contribution in [2.45, 2.75) is 37.7 Å². The minimum atomic E-state index is 0.495. The van der Waals surface area contributed by atoms with Gasteiger partial charge in [0.05, 0.1) is 0 Å². The highest BCUT2D eigenvalue weighted by Gasteiger charge is 2.42. The molecular formula is C10H16S. The molecule has 0 saturated carbocycles. The highest BCUT2D eigenvalue weighted by Crippen LogP contribution is 2.51. The van der Waals surface area contributed by atoms with Crippen LogP contribution in [0.15, 0.2) is 12.2 Å². The summed E-state index contributed by atoms with van der Waals surface area (Å²) in [5.74, 6) is 0.880. The number of rotatable bonds is 0. The molecule has 2 rings (SSSR count). The minimum absolute atomic E-state index is 0.495. The van der Waals surface area contributed by atoms with Gasteiger partial charge in [-0.25, -0.2) is 0 Å². The third-order valence-electron chi connectivity index (χ3n) is 2.64. The zero-order chi connectivity index (χ0) is 8.06. The molecule has 62 valence electrons. The Bertz CT molecular complexity index is 188. The van der Waals surface area contributed by atoms with E-state index in [1.807, 2.05) is 0 Å². The van der Waals surface area contributed by atoms with E-state index in [2.05, 4.69) is 44.7 Å². The molecule has 2 aliphatic rings. The maximum atomic E-state index is 2.43. The Morgan fingerprint density at radius 3 is 2.27 bits per heavy atom. The first-order valence-electron chi connectivity index (χ1n) is 4.41. The van der Waals surface area contributed by atoms with Crippen LogP contribution in [0.25, 0.3) is 0 Å². The highest BCUT2D eigenvalue weighted by molar-refractivity contribution is 8.01. The van der Waals surface area contributed by atoms with Gasteiger partial charge in [-0.15, -0.1) is 11.8 Å². The second kappa shape index (κ2) is 2.29. The van der Waals surface area contributed by atoms with Crippen molar-refractivity contribution in [3.05, 3.63) is 12.2 Å². The quantitative estimate of drug-likeness (QED) is 0.501. The third-order valence-corrected chi connectivity index (χ3v) is 4.69. The Hall–Kier alpha value is 0.0900.